The molecule has 0 aliphatic carbocycles. The number of benzene rings is 4. The van der Waals surface area contributed by atoms with Crippen molar-refractivity contribution in [2.45, 2.75) is 13.3 Å². The van der Waals surface area contributed by atoms with Crippen LogP contribution in [0.25, 0.3) is 32.3 Å². The number of aryl methyl sites for hydroxylation is 1. The molecule has 0 spiro atoms. The molecule has 0 fully saturated rings. The molecule has 0 amide bonds. The molecule has 0 unspecified atom stereocenters. The maximum absolute atomic E-state index is 2.28. The SMILES string of the molecule is CCc1cccc2c1ccc1c3ccccc3ccc21. The fourth-order valence-electron chi connectivity index (χ4n) is 3.23. The monoisotopic (exact) mass is 256 g/mol. The van der Waals surface area contributed by atoms with E-state index in [1.165, 1.54) is 37.9 Å². The zero-order chi connectivity index (χ0) is 13.5. The van der Waals surface area contributed by atoms with Gasteiger partial charge in [0, 0.05) is 0 Å². The summed E-state index contributed by atoms with van der Waals surface area (Å²) in [7, 11) is 0. The maximum Gasteiger partial charge on any atom is -0.00989 e. The fraction of sp³-hybridized carbons (Fsp3) is 0.100. The number of hydrogen-bond donors (Lipinski definition) is 0. The lowest BCUT2D eigenvalue weighted by Crippen LogP contribution is -1.85. The summed E-state index contributed by atoms with van der Waals surface area (Å²) in [6.07, 6.45) is 1.08. The van der Waals surface area contributed by atoms with Crippen LogP contribution in [0.5, 0.6) is 0 Å². The van der Waals surface area contributed by atoms with E-state index in [-0.39, 0.29) is 0 Å². The highest BCUT2D eigenvalue weighted by Gasteiger charge is 2.06. The second-order valence-electron chi connectivity index (χ2n) is 5.31. The molecule has 0 aliphatic rings. The van der Waals surface area contributed by atoms with Gasteiger partial charge < -0.3 is 0 Å². The quantitative estimate of drug-likeness (QED) is 0.383. The molecule has 4 aromatic carbocycles. The third-order valence-electron chi connectivity index (χ3n) is 4.25. The second-order valence-corrected chi connectivity index (χ2v) is 5.31. The van der Waals surface area contributed by atoms with Gasteiger partial charge in [0.2, 0.25) is 0 Å². The van der Waals surface area contributed by atoms with Gasteiger partial charge in [0.15, 0.2) is 0 Å². The van der Waals surface area contributed by atoms with Gasteiger partial charge in [-0.15, -0.1) is 0 Å². The summed E-state index contributed by atoms with van der Waals surface area (Å²) in [5.41, 5.74) is 1.43. The van der Waals surface area contributed by atoms with Gasteiger partial charge in [0.05, 0.1) is 0 Å². The van der Waals surface area contributed by atoms with Crippen LogP contribution in [0.3, 0.4) is 0 Å². The molecule has 0 saturated heterocycles. The van der Waals surface area contributed by atoms with Gasteiger partial charge in [-0.3, -0.25) is 0 Å². The van der Waals surface area contributed by atoms with Crippen LogP contribution >= 0.6 is 0 Å². The van der Waals surface area contributed by atoms with E-state index >= 15 is 0 Å². The Bertz CT molecular complexity index is 932. The van der Waals surface area contributed by atoms with Crippen LogP contribution in [0.1, 0.15) is 12.5 Å². The lowest BCUT2D eigenvalue weighted by Gasteiger charge is -2.10. The van der Waals surface area contributed by atoms with Crippen molar-refractivity contribution in [1.82, 2.24) is 0 Å². The molecule has 0 N–H and O–H groups in total. The normalized spacial score (nSPS) is 11.4. The predicted octanol–water partition coefficient (Wildman–Crippen LogP) is 5.71. The second kappa shape index (κ2) is 4.35. The van der Waals surface area contributed by atoms with Gasteiger partial charge in [-0.05, 0) is 44.3 Å². The lowest BCUT2D eigenvalue weighted by molar-refractivity contribution is 1.16. The van der Waals surface area contributed by atoms with Crippen molar-refractivity contribution in [3.63, 3.8) is 0 Å². The number of hydrogen-bond acceptors (Lipinski definition) is 0. The first-order valence-corrected chi connectivity index (χ1v) is 7.20. The lowest BCUT2D eigenvalue weighted by atomic mass is 9.94. The van der Waals surface area contributed by atoms with Crippen LogP contribution in [0.15, 0.2) is 66.7 Å². The minimum atomic E-state index is 1.08. The Morgan fingerprint density at radius 1 is 0.550 bits per heavy atom. The Kier molecular flexibility index (Phi) is 2.50. The molecular weight excluding hydrogens is 240 g/mol. The van der Waals surface area contributed by atoms with Crippen LogP contribution in [-0.4, -0.2) is 0 Å². The summed E-state index contributed by atoms with van der Waals surface area (Å²) >= 11 is 0. The summed E-state index contributed by atoms with van der Waals surface area (Å²) in [5.74, 6) is 0. The third kappa shape index (κ3) is 1.55. The van der Waals surface area contributed by atoms with E-state index in [1.807, 2.05) is 0 Å². The van der Waals surface area contributed by atoms with E-state index in [0.29, 0.717) is 0 Å². The van der Waals surface area contributed by atoms with Gasteiger partial charge in [-0.2, -0.15) is 0 Å². The van der Waals surface area contributed by atoms with Crippen LogP contribution in [0, 0.1) is 0 Å². The van der Waals surface area contributed by atoms with Crippen molar-refractivity contribution >= 4 is 32.3 Å². The molecule has 20 heavy (non-hydrogen) atoms. The van der Waals surface area contributed by atoms with Crippen molar-refractivity contribution in [3.8, 4) is 0 Å². The van der Waals surface area contributed by atoms with Crippen molar-refractivity contribution < 1.29 is 0 Å². The summed E-state index contributed by atoms with van der Waals surface area (Å²) in [4.78, 5) is 0. The number of rotatable bonds is 1. The third-order valence-corrected chi connectivity index (χ3v) is 4.25. The van der Waals surface area contributed by atoms with Crippen LogP contribution in [0.4, 0.5) is 0 Å². The van der Waals surface area contributed by atoms with Gasteiger partial charge >= 0.3 is 0 Å². The van der Waals surface area contributed by atoms with E-state index in [9.17, 15) is 0 Å². The van der Waals surface area contributed by atoms with Crippen molar-refractivity contribution in [3.05, 3.63) is 72.3 Å². The van der Waals surface area contributed by atoms with Crippen molar-refractivity contribution in [1.29, 1.82) is 0 Å². The molecule has 96 valence electrons. The van der Waals surface area contributed by atoms with Crippen LogP contribution < -0.4 is 0 Å². The predicted molar refractivity (Wildman–Crippen MR) is 88.3 cm³/mol. The highest BCUT2D eigenvalue weighted by atomic mass is 14.1. The molecule has 0 saturated carbocycles. The largest absolute Gasteiger partial charge is 0.0616 e. The van der Waals surface area contributed by atoms with Crippen molar-refractivity contribution in [2.24, 2.45) is 0 Å². The highest BCUT2D eigenvalue weighted by molar-refractivity contribution is 6.17. The fourth-order valence-corrected chi connectivity index (χ4v) is 3.23. The van der Waals surface area contributed by atoms with E-state index in [0.717, 1.165) is 6.42 Å². The van der Waals surface area contributed by atoms with Gasteiger partial charge in [0.25, 0.3) is 0 Å². The van der Waals surface area contributed by atoms with Crippen LogP contribution in [-0.2, 0) is 6.42 Å². The Morgan fingerprint density at radius 2 is 1.20 bits per heavy atom. The van der Waals surface area contributed by atoms with Gasteiger partial charge in [0.1, 0.15) is 0 Å². The first kappa shape index (κ1) is 11.5. The van der Waals surface area contributed by atoms with Gasteiger partial charge in [-0.25, -0.2) is 0 Å². The molecule has 4 aromatic rings. The zero-order valence-corrected chi connectivity index (χ0v) is 11.6. The summed E-state index contributed by atoms with van der Waals surface area (Å²) < 4.78 is 0. The van der Waals surface area contributed by atoms with E-state index in [4.69, 9.17) is 0 Å². The van der Waals surface area contributed by atoms with E-state index in [2.05, 4.69) is 73.7 Å². The highest BCUT2D eigenvalue weighted by Crippen LogP contribution is 2.32. The zero-order valence-electron chi connectivity index (χ0n) is 11.6. The first-order valence-electron chi connectivity index (χ1n) is 7.20. The average Bonchev–Trinajstić information content (AvgIpc) is 2.53. The molecule has 0 heterocycles. The summed E-state index contributed by atoms with van der Waals surface area (Å²) in [6, 6.07) is 24.3. The molecule has 0 radical (unpaired) electrons. The molecule has 0 heteroatoms. The standard InChI is InChI=1S/C20H16/c1-2-14-7-5-9-18-17(14)12-13-19-16-8-4-3-6-15(16)10-11-20(18)19/h3-13H,2H2,1H3. The Morgan fingerprint density at radius 3 is 2.10 bits per heavy atom. The molecule has 0 atom stereocenters. The first-order chi connectivity index (χ1) is 9.88. The maximum atomic E-state index is 2.28. The smallest absolute Gasteiger partial charge is 0.00989 e. The Labute approximate surface area is 118 Å². The Balaban J connectivity index is 2.23. The number of fused-ring (bicyclic) bond motifs is 5. The molecule has 0 bridgehead atoms. The van der Waals surface area contributed by atoms with E-state index < -0.39 is 0 Å². The topological polar surface area (TPSA) is 0 Å². The summed E-state index contributed by atoms with van der Waals surface area (Å²) in [5, 5.41) is 8.12. The minimum absolute atomic E-state index is 1.08. The average molecular weight is 256 g/mol. The van der Waals surface area contributed by atoms with Crippen molar-refractivity contribution in [2.75, 3.05) is 0 Å². The van der Waals surface area contributed by atoms with Gasteiger partial charge in [-0.1, -0.05) is 73.7 Å². The minimum Gasteiger partial charge on any atom is -0.0616 e. The Hall–Kier alpha value is -2.34. The van der Waals surface area contributed by atoms with Crippen LogP contribution in [0.2, 0.25) is 0 Å². The molecule has 0 aliphatic heterocycles. The summed E-state index contributed by atoms with van der Waals surface area (Å²) in [6.45, 7) is 2.22. The molecule has 0 aromatic heterocycles. The molecular formula is C20H16. The molecule has 0 nitrogen and oxygen atoms in total. The van der Waals surface area contributed by atoms with E-state index in [1.54, 1.807) is 0 Å². The molecule has 4 rings (SSSR count).